The van der Waals surface area contributed by atoms with Gasteiger partial charge in [-0.15, -0.1) is 0 Å². The molecule has 1 saturated heterocycles. The molecule has 0 aliphatic carbocycles. The molecule has 172 valence electrons. The van der Waals surface area contributed by atoms with Crippen molar-refractivity contribution in [3.05, 3.63) is 90.1 Å². The highest BCUT2D eigenvalue weighted by molar-refractivity contribution is 5.96. The van der Waals surface area contributed by atoms with E-state index >= 15 is 0 Å². The molecule has 4 aromatic rings. The van der Waals surface area contributed by atoms with E-state index in [0.29, 0.717) is 37.6 Å². The summed E-state index contributed by atoms with van der Waals surface area (Å²) in [5.41, 5.74) is 2.53. The summed E-state index contributed by atoms with van der Waals surface area (Å²) in [7, 11) is 0. The Balaban J connectivity index is 1.33. The van der Waals surface area contributed by atoms with Gasteiger partial charge in [0.15, 0.2) is 0 Å². The van der Waals surface area contributed by atoms with Crippen molar-refractivity contribution in [1.82, 2.24) is 19.9 Å². The highest BCUT2D eigenvalue weighted by Gasteiger charge is 2.26. The Kier molecular flexibility index (Phi) is 6.44. The van der Waals surface area contributed by atoms with E-state index in [1.807, 2.05) is 36.2 Å². The second kappa shape index (κ2) is 9.97. The molecule has 0 saturated carbocycles. The van der Waals surface area contributed by atoms with Gasteiger partial charge in [0.1, 0.15) is 11.3 Å². The number of aromatic nitrogens is 3. The van der Waals surface area contributed by atoms with Gasteiger partial charge in [0.2, 0.25) is 5.88 Å². The van der Waals surface area contributed by atoms with Crippen LogP contribution < -0.4 is 4.74 Å². The maximum absolute atomic E-state index is 13.5. The van der Waals surface area contributed by atoms with Crippen LogP contribution in [0, 0.1) is 12.8 Å². The standard InChI is InChI=1S/C27H26N4O3/c1-19-4-7-24(16-30-19)34-26-25(3-2-9-29-26)27(32)31-11-12-33-18-21(17-31)13-20-5-6-22-8-10-28-15-23(22)14-20/h2-10,14-16,21H,11-13,17-18H2,1H3. The summed E-state index contributed by atoms with van der Waals surface area (Å²) in [6.07, 6.45) is 7.76. The van der Waals surface area contributed by atoms with Crippen LogP contribution in [0.2, 0.25) is 0 Å². The number of rotatable bonds is 5. The third kappa shape index (κ3) is 5.05. The summed E-state index contributed by atoms with van der Waals surface area (Å²) >= 11 is 0. The van der Waals surface area contributed by atoms with Crippen molar-refractivity contribution < 1.29 is 14.3 Å². The van der Waals surface area contributed by atoms with Crippen molar-refractivity contribution in [2.75, 3.05) is 26.3 Å². The minimum absolute atomic E-state index is 0.110. The average molecular weight is 455 g/mol. The minimum Gasteiger partial charge on any atom is -0.437 e. The van der Waals surface area contributed by atoms with Gasteiger partial charge in [-0.05, 0) is 60.7 Å². The fourth-order valence-electron chi connectivity index (χ4n) is 4.21. The van der Waals surface area contributed by atoms with Crippen LogP contribution in [0.15, 0.2) is 73.3 Å². The summed E-state index contributed by atoms with van der Waals surface area (Å²) in [6, 6.07) is 15.6. The van der Waals surface area contributed by atoms with Crippen molar-refractivity contribution in [3.8, 4) is 11.6 Å². The molecule has 4 heterocycles. The number of fused-ring (bicyclic) bond motifs is 1. The van der Waals surface area contributed by atoms with Crippen molar-refractivity contribution in [1.29, 1.82) is 0 Å². The molecule has 1 aliphatic rings. The van der Waals surface area contributed by atoms with Crippen LogP contribution in [-0.2, 0) is 11.2 Å². The topological polar surface area (TPSA) is 77.4 Å². The Bertz CT molecular complexity index is 1290. The van der Waals surface area contributed by atoms with Crippen molar-refractivity contribution in [2.24, 2.45) is 5.92 Å². The lowest BCUT2D eigenvalue weighted by Crippen LogP contribution is -2.36. The summed E-state index contributed by atoms with van der Waals surface area (Å²) in [5.74, 6) is 0.896. The van der Waals surface area contributed by atoms with E-state index in [-0.39, 0.29) is 17.7 Å². The molecule has 7 nitrogen and oxygen atoms in total. The quantitative estimate of drug-likeness (QED) is 0.443. The number of amides is 1. The Morgan fingerprint density at radius 3 is 2.91 bits per heavy atom. The molecular weight excluding hydrogens is 428 g/mol. The molecular formula is C27H26N4O3. The van der Waals surface area contributed by atoms with E-state index in [1.165, 1.54) is 10.9 Å². The molecule has 1 unspecified atom stereocenters. The zero-order valence-electron chi connectivity index (χ0n) is 19.1. The lowest BCUT2D eigenvalue weighted by Gasteiger charge is -2.24. The number of pyridine rings is 3. The van der Waals surface area contributed by atoms with Gasteiger partial charge < -0.3 is 14.4 Å². The van der Waals surface area contributed by atoms with Crippen LogP contribution in [0.5, 0.6) is 11.6 Å². The number of ether oxygens (including phenoxy) is 2. The summed E-state index contributed by atoms with van der Waals surface area (Å²) in [4.78, 5) is 28.2. The molecule has 3 aromatic heterocycles. The Morgan fingerprint density at radius 2 is 2.03 bits per heavy atom. The normalized spacial score (nSPS) is 16.3. The summed E-state index contributed by atoms with van der Waals surface area (Å²) < 4.78 is 11.8. The van der Waals surface area contributed by atoms with Crippen LogP contribution in [0.3, 0.4) is 0 Å². The first kappa shape index (κ1) is 22.0. The van der Waals surface area contributed by atoms with E-state index in [2.05, 4.69) is 33.2 Å². The third-order valence-electron chi connectivity index (χ3n) is 5.95. The van der Waals surface area contributed by atoms with E-state index in [4.69, 9.17) is 9.47 Å². The molecule has 1 amide bonds. The van der Waals surface area contributed by atoms with Gasteiger partial charge in [0, 0.05) is 48.7 Å². The highest BCUT2D eigenvalue weighted by Crippen LogP contribution is 2.25. The molecule has 1 aromatic carbocycles. The first-order valence-corrected chi connectivity index (χ1v) is 11.4. The van der Waals surface area contributed by atoms with Gasteiger partial charge >= 0.3 is 0 Å². The zero-order chi connectivity index (χ0) is 23.3. The highest BCUT2D eigenvalue weighted by atomic mass is 16.5. The van der Waals surface area contributed by atoms with Crippen LogP contribution in [0.1, 0.15) is 21.6 Å². The summed E-state index contributed by atoms with van der Waals surface area (Å²) in [5, 5.41) is 2.28. The van der Waals surface area contributed by atoms with Crippen LogP contribution in [-0.4, -0.2) is 52.1 Å². The number of aryl methyl sites for hydroxylation is 1. The largest absolute Gasteiger partial charge is 0.437 e. The molecule has 0 bridgehead atoms. The fraction of sp³-hybridized carbons (Fsp3) is 0.259. The maximum atomic E-state index is 13.5. The molecule has 5 rings (SSSR count). The van der Waals surface area contributed by atoms with Gasteiger partial charge in [-0.25, -0.2) is 4.98 Å². The molecule has 1 atom stereocenters. The van der Waals surface area contributed by atoms with Crippen LogP contribution in [0.25, 0.3) is 10.8 Å². The number of hydrogen-bond donors (Lipinski definition) is 0. The van der Waals surface area contributed by atoms with Crippen molar-refractivity contribution >= 4 is 16.7 Å². The SMILES string of the molecule is Cc1ccc(Oc2ncccc2C(=O)N2CCOCC(Cc3ccc4ccncc4c3)C2)cn1. The number of nitrogens with zero attached hydrogens (tertiary/aromatic N) is 4. The van der Waals surface area contributed by atoms with E-state index in [9.17, 15) is 4.79 Å². The Morgan fingerprint density at radius 1 is 1.09 bits per heavy atom. The van der Waals surface area contributed by atoms with Crippen molar-refractivity contribution in [3.63, 3.8) is 0 Å². The lowest BCUT2D eigenvalue weighted by atomic mass is 9.97. The smallest absolute Gasteiger partial charge is 0.259 e. The lowest BCUT2D eigenvalue weighted by molar-refractivity contribution is 0.0734. The van der Waals surface area contributed by atoms with Crippen molar-refractivity contribution in [2.45, 2.75) is 13.3 Å². The van der Waals surface area contributed by atoms with E-state index in [0.717, 1.165) is 17.5 Å². The first-order chi connectivity index (χ1) is 16.7. The molecule has 0 spiro atoms. The van der Waals surface area contributed by atoms with Crippen LogP contribution >= 0.6 is 0 Å². The fourth-order valence-corrected chi connectivity index (χ4v) is 4.21. The second-order valence-electron chi connectivity index (χ2n) is 8.55. The first-order valence-electron chi connectivity index (χ1n) is 11.4. The van der Waals surface area contributed by atoms with Gasteiger partial charge in [0.05, 0.1) is 19.4 Å². The average Bonchev–Trinajstić information content (AvgIpc) is 3.11. The number of carbonyl (C=O) groups excluding carboxylic acids is 1. The predicted molar refractivity (Wildman–Crippen MR) is 129 cm³/mol. The monoisotopic (exact) mass is 454 g/mol. The molecule has 0 radical (unpaired) electrons. The molecule has 7 heteroatoms. The van der Waals surface area contributed by atoms with Crippen LogP contribution in [0.4, 0.5) is 0 Å². The number of hydrogen-bond acceptors (Lipinski definition) is 6. The summed E-state index contributed by atoms with van der Waals surface area (Å²) in [6.45, 7) is 4.15. The van der Waals surface area contributed by atoms with Gasteiger partial charge in [0.25, 0.3) is 5.91 Å². The molecule has 1 fully saturated rings. The maximum Gasteiger partial charge on any atom is 0.259 e. The third-order valence-corrected chi connectivity index (χ3v) is 5.95. The molecule has 0 N–H and O–H groups in total. The minimum atomic E-state index is -0.110. The van der Waals surface area contributed by atoms with E-state index in [1.54, 1.807) is 30.7 Å². The van der Waals surface area contributed by atoms with E-state index < -0.39 is 0 Å². The van der Waals surface area contributed by atoms with Gasteiger partial charge in [-0.2, -0.15) is 0 Å². The van der Waals surface area contributed by atoms with Gasteiger partial charge in [-0.3, -0.25) is 14.8 Å². The Hall–Kier alpha value is -3.84. The molecule has 34 heavy (non-hydrogen) atoms. The molecule has 1 aliphatic heterocycles. The second-order valence-corrected chi connectivity index (χ2v) is 8.55. The predicted octanol–water partition coefficient (Wildman–Crippen LogP) is 4.46. The zero-order valence-corrected chi connectivity index (χ0v) is 19.1. The van der Waals surface area contributed by atoms with Gasteiger partial charge in [-0.1, -0.05) is 12.1 Å². The number of benzene rings is 1. The number of carbonyl (C=O) groups is 1. The Labute approximate surface area is 198 Å².